The van der Waals surface area contributed by atoms with Crippen molar-refractivity contribution in [1.29, 1.82) is 0 Å². The first-order chi connectivity index (χ1) is 8.13. The van der Waals surface area contributed by atoms with Gasteiger partial charge in [-0.1, -0.05) is 5.10 Å². The number of methoxy groups -OCH3 is 1. The van der Waals surface area contributed by atoms with E-state index in [2.05, 4.69) is 20.8 Å². The van der Waals surface area contributed by atoms with E-state index in [-0.39, 0.29) is 6.01 Å². The minimum absolute atomic E-state index is 0.180. The lowest BCUT2D eigenvalue weighted by atomic mass is 10.3. The van der Waals surface area contributed by atoms with Crippen LogP contribution in [0, 0.1) is 0 Å². The third kappa shape index (κ3) is 4.79. The van der Waals surface area contributed by atoms with E-state index in [4.69, 9.17) is 14.9 Å². The molecule has 1 heterocycles. The van der Waals surface area contributed by atoms with E-state index in [1.54, 1.807) is 14.0 Å². The minimum atomic E-state index is -0.551. The van der Waals surface area contributed by atoms with Crippen molar-refractivity contribution < 1.29 is 13.9 Å². The van der Waals surface area contributed by atoms with Crippen molar-refractivity contribution in [3.8, 4) is 0 Å². The quantitative estimate of drug-likeness (QED) is 0.506. The largest absolute Gasteiger partial charge is 0.407 e. The van der Waals surface area contributed by atoms with Crippen LogP contribution >= 0.6 is 0 Å². The molecule has 8 nitrogen and oxygen atoms in total. The Labute approximate surface area is 98.9 Å². The summed E-state index contributed by atoms with van der Waals surface area (Å²) in [5, 5.41) is 13.3. The molecule has 0 aliphatic carbocycles. The maximum absolute atomic E-state index is 10.8. The van der Waals surface area contributed by atoms with Crippen molar-refractivity contribution in [1.82, 2.24) is 15.5 Å². The molecule has 0 radical (unpaired) electrons. The predicted octanol–water partition coefficient (Wildman–Crippen LogP) is -0.909. The zero-order valence-corrected chi connectivity index (χ0v) is 9.90. The molecule has 1 atom stereocenters. The number of primary amides is 1. The molecule has 0 saturated heterocycles. The lowest BCUT2D eigenvalue weighted by Crippen LogP contribution is -2.32. The lowest BCUT2D eigenvalue weighted by Gasteiger charge is -2.05. The number of hydrogen-bond acceptors (Lipinski definition) is 7. The molecular weight excluding hydrogens is 226 g/mol. The number of aromatic nitrogens is 2. The molecule has 1 amide bonds. The van der Waals surface area contributed by atoms with Crippen molar-refractivity contribution in [2.45, 2.75) is 19.5 Å². The highest BCUT2D eigenvalue weighted by Crippen LogP contribution is 2.06. The molecule has 0 aromatic carbocycles. The number of nitrogens with zero attached hydrogens (tertiary/aromatic N) is 2. The molecule has 96 valence electrons. The Morgan fingerprint density at radius 3 is 3.00 bits per heavy atom. The molecule has 8 heteroatoms. The van der Waals surface area contributed by atoms with E-state index < -0.39 is 11.9 Å². The van der Waals surface area contributed by atoms with Crippen molar-refractivity contribution in [2.75, 3.05) is 25.6 Å². The van der Waals surface area contributed by atoms with Gasteiger partial charge in [-0.05, 0) is 6.92 Å². The maximum atomic E-state index is 10.8. The first kappa shape index (κ1) is 13.4. The average Bonchev–Trinajstić information content (AvgIpc) is 2.72. The Morgan fingerprint density at radius 2 is 2.35 bits per heavy atom. The molecule has 1 unspecified atom stereocenters. The molecule has 0 aliphatic rings. The Kier molecular flexibility index (Phi) is 5.37. The topological polar surface area (TPSA) is 115 Å². The summed E-state index contributed by atoms with van der Waals surface area (Å²) < 4.78 is 10.1. The summed E-state index contributed by atoms with van der Waals surface area (Å²) in [7, 11) is 1.63. The summed E-state index contributed by atoms with van der Waals surface area (Å²) in [4.78, 5) is 10.8. The Hall–Kier alpha value is -1.67. The van der Waals surface area contributed by atoms with Gasteiger partial charge in [0, 0.05) is 13.7 Å². The second kappa shape index (κ2) is 6.81. The molecule has 0 spiro atoms. The SMILES string of the molecule is COCCNCc1nnc(NC(C)C(N)=O)o1. The fourth-order valence-electron chi connectivity index (χ4n) is 1.01. The Morgan fingerprint density at radius 1 is 1.59 bits per heavy atom. The highest BCUT2D eigenvalue weighted by Gasteiger charge is 2.12. The van der Waals surface area contributed by atoms with Crippen LogP contribution in [0.3, 0.4) is 0 Å². The van der Waals surface area contributed by atoms with Crippen molar-refractivity contribution in [2.24, 2.45) is 5.73 Å². The normalized spacial score (nSPS) is 12.4. The molecular formula is C9H17N5O3. The molecule has 0 bridgehead atoms. The molecule has 1 rings (SSSR count). The molecule has 1 aromatic rings. The van der Waals surface area contributed by atoms with Gasteiger partial charge in [0.1, 0.15) is 6.04 Å². The number of rotatable bonds is 8. The van der Waals surface area contributed by atoms with Crippen LogP contribution in [-0.4, -0.2) is 42.4 Å². The van der Waals surface area contributed by atoms with Gasteiger partial charge in [-0.3, -0.25) is 4.79 Å². The molecule has 1 aromatic heterocycles. The molecule has 0 saturated carbocycles. The van der Waals surface area contributed by atoms with E-state index in [9.17, 15) is 4.79 Å². The Bertz CT molecular complexity index is 354. The second-order valence-corrected chi connectivity index (χ2v) is 3.44. The van der Waals surface area contributed by atoms with Crippen molar-refractivity contribution in [3.63, 3.8) is 0 Å². The smallest absolute Gasteiger partial charge is 0.316 e. The first-order valence-electron chi connectivity index (χ1n) is 5.21. The summed E-state index contributed by atoms with van der Waals surface area (Å²) in [5.74, 6) is -0.0526. The summed E-state index contributed by atoms with van der Waals surface area (Å²) >= 11 is 0. The fourth-order valence-corrected chi connectivity index (χ4v) is 1.01. The number of carbonyl (C=O) groups excluding carboxylic acids is 1. The molecule has 0 fully saturated rings. The standard InChI is InChI=1S/C9H17N5O3/c1-6(8(10)15)12-9-14-13-7(17-9)5-11-3-4-16-2/h6,11H,3-5H2,1-2H3,(H2,10,15)(H,12,14). The van der Waals surface area contributed by atoms with Gasteiger partial charge in [0.25, 0.3) is 0 Å². The van der Waals surface area contributed by atoms with Crippen molar-refractivity contribution in [3.05, 3.63) is 5.89 Å². The van der Waals surface area contributed by atoms with Gasteiger partial charge in [0.15, 0.2) is 0 Å². The Balaban J connectivity index is 2.34. The highest BCUT2D eigenvalue weighted by atomic mass is 16.5. The third-order valence-corrected chi connectivity index (χ3v) is 1.99. The summed E-state index contributed by atoms with van der Waals surface area (Å²) in [6.07, 6.45) is 0. The van der Waals surface area contributed by atoms with Crippen LogP contribution in [0.5, 0.6) is 0 Å². The number of carbonyl (C=O) groups is 1. The van der Waals surface area contributed by atoms with Crippen LogP contribution in [0.1, 0.15) is 12.8 Å². The molecule has 0 aliphatic heterocycles. The number of amides is 1. The summed E-state index contributed by atoms with van der Waals surface area (Å²) in [5.41, 5.74) is 5.09. The van der Waals surface area contributed by atoms with Gasteiger partial charge >= 0.3 is 6.01 Å². The van der Waals surface area contributed by atoms with E-state index in [0.29, 0.717) is 25.6 Å². The van der Waals surface area contributed by atoms with Gasteiger partial charge < -0.3 is 25.5 Å². The first-order valence-corrected chi connectivity index (χ1v) is 5.21. The number of nitrogens with two attached hydrogens (primary N) is 1. The van der Waals surface area contributed by atoms with Crippen LogP contribution in [0.2, 0.25) is 0 Å². The van der Waals surface area contributed by atoms with Crippen LogP contribution in [0.4, 0.5) is 6.01 Å². The molecule has 4 N–H and O–H groups in total. The van der Waals surface area contributed by atoms with E-state index >= 15 is 0 Å². The molecule has 17 heavy (non-hydrogen) atoms. The average molecular weight is 243 g/mol. The van der Waals surface area contributed by atoms with Crippen LogP contribution in [0.15, 0.2) is 4.42 Å². The van der Waals surface area contributed by atoms with Crippen LogP contribution in [-0.2, 0) is 16.1 Å². The summed E-state index contributed by atoms with van der Waals surface area (Å²) in [6, 6.07) is -0.371. The van der Waals surface area contributed by atoms with Gasteiger partial charge in [-0.15, -0.1) is 5.10 Å². The highest BCUT2D eigenvalue weighted by molar-refractivity contribution is 5.81. The van der Waals surface area contributed by atoms with Crippen LogP contribution < -0.4 is 16.4 Å². The van der Waals surface area contributed by atoms with E-state index in [1.807, 2.05) is 0 Å². The zero-order valence-electron chi connectivity index (χ0n) is 9.90. The van der Waals surface area contributed by atoms with Gasteiger partial charge in [0.2, 0.25) is 11.8 Å². The van der Waals surface area contributed by atoms with Gasteiger partial charge in [0.05, 0.1) is 13.2 Å². The van der Waals surface area contributed by atoms with Crippen molar-refractivity contribution >= 4 is 11.9 Å². The zero-order chi connectivity index (χ0) is 12.7. The summed E-state index contributed by atoms with van der Waals surface area (Å²) in [6.45, 7) is 3.36. The third-order valence-electron chi connectivity index (χ3n) is 1.99. The lowest BCUT2D eigenvalue weighted by molar-refractivity contribution is -0.118. The predicted molar refractivity (Wildman–Crippen MR) is 60.2 cm³/mol. The van der Waals surface area contributed by atoms with E-state index in [0.717, 1.165) is 0 Å². The van der Waals surface area contributed by atoms with Gasteiger partial charge in [-0.2, -0.15) is 0 Å². The van der Waals surface area contributed by atoms with Crippen LogP contribution in [0.25, 0.3) is 0 Å². The maximum Gasteiger partial charge on any atom is 0.316 e. The monoisotopic (exact) mass is 243 g/mol. The number of nitrogens with one attached hydrogen (secondary N) is 2. The number of hydrogen-bond donors (Lipinski definition) is 3. The minimum Gasteiger partial charge on any atom is -0.407 e. The van der Waals surface area contributed by atoms with Gasteiger partial charge in [-0.25, -0.2) is 0 Å². The number of ether oxygens (including phenoxy) is 1. The van der Waals surface area contributed by atoms with E-state index in [1.165, 1.54) is 0 Å². The second-order valence-electron chi connectivity index (χ2n) is 3.44. The fraction of sp³-hybridized carbons (Fsp3) is 0.667. The number of anilines is 1.